The Bertz CT molecular complexity index is 356. The number of hydrogen-bond donors (Lipinski definition) is 2. The first kappa shape index (κ1) is 26.1. The summed E-state index contributed by atoms with van der Waals surface area (Å²) in [5.41, 5.74) is 0. The fraction of sp³-hybridized carbons (Fsp3) is 0.870. The Kier molecular flexibility index (Phi) is 19.2. The summed E-state index contributed by atoms with van der Waals surface area (Å²) < 4.78 is 5.54. The fourth-order valence-electron chi connectivity index (χ4n) is 3.06. The van der Waals surface area contributed by atoms with Crippen molar-refractivity contribution in [2.75, 3.05) is 6.61 Å². The summed E-state index contributed by atoms with van der Waals surface area (Å²) in [6.45, 7) is 5.91. The molecule has 0 saturated carbocycles. The van der Waals surface area contributed by atoms with Crippen LogP contribution in [-0.4, -0.2) is 30.0 Å². The average molecular weight is 384 g/mol. The van der Waals surface area contributed by atoms with E-state index >= 15 is 0 Å². The monoisotopic (exact) mass is 383 g/mol. The molecule has 2 unspecified atom stereocenters. The van der Waals surface area contributed by atoms with Gasteiger partial charge in [0.1, 0.15) is 0 Å². The van der Waals surface area contributed by atoms with Crippen molar-refractivity contribution < 1.29 is 14.6 Å². The lowest BCUT2D eigenvalue weighted by Gasteiger charge is -2.21. The molecule has 0 aromatic carbocycles. The maximum atomic E-state index is 11.0. The highest BCUT2D eigenvalue weighted by Gasteiger charge is 2.15. The number of amides is 1. The Morgan fingerprint density at radius 2 is 1.37 bits per heavy atom. The van der Waals surface area contributed by atoms with E-state index in [1.165, 1.54) is 84.0 Å². The van der Waals surface area contributed by atoms with Crippen molar-refractivity contribution in [1.29, 1.82) is 0 Å². The lowest BCUT2D eigenvalue weighted by Crippen LogP contribution is -2.43. The van der Waals surface area contributed by atoms with Crippen LogP contribution in [0, 0.1) is 0 Å². The Labute approximate surface area is 168 Å². The molecule has 4 heteroatoms. The van der Waals surface area contributed by atoms with Crippen LogP contribution in [0.3, 0.4) is 0 Å². The van der Waals surface area contributed by atoms with E-state index in [-0.39, 0.29) is 5.91 Å². The quantitative estimate of drug-likeness (QED) is 0.166. The second-order valence-electron chi connectivity index (χ2n) is 7.67. The lowest BCUT2D eigenvalue weighted by molar-refractivity contribution is -0.127. The van der Waals surface area contributed by atoms with Gasteiger partial charge in [0.2, 0.25) is 5.91 Å². The SMILES string of the molecule is CCCCCCCC/C=C\CCCCCCCCOC(NC(C)=O)C(C)O. The normalized spacial score (nSPS) is 13.8. The van der Waals surface area contributed by atoms with Crippen LogP contribution < -0.4 is 5.32 Å². The molecule has 0 radical (unpaired) electrons. The zero-order valence-electron chi connectivity index (χ0n) is 18.2. The molecule has 160 valence electrons. The zero-order chi connectivity index (χ0) is 20.2. The van der Waals surface area contributed by atoms with Crippen LogP contribution in [0.4, 0.5) is 0 Å². The molecule has 0 aliphatic rings. The van der Waals surface area contributed by atoms with Gasteiger partial charge in [-0.05, 0) is 39.0 Å². The lowest BCUT2D eigenvalue weighted by atomic mass is 10.1. The van der Waals surface area contributed by atoms with E-state index in [1.54, 1.807) is 6.92 Å². The third-order valence-corrected chi connectivity index (χ3v) is 4.74. The van der Waals surface area contributed by atoms with Crippen molar-refractivity contribution in [3.63, 3.8) is 0 Å². The molecule has 0 rings (SSSR count). The number of nitrogens with one attached hydrogen (secondary N) is 1. The number of rotatable bonds is 19. The molecule has 0 saturated heterocycles. The molecule has 0 bridgehead atoms. The summed E-state index contributed by atoms with van der Waals surface area (Å²) in [5.74, 6) is -0.179. The van der Waals surface area contributed by atoms with Crippen LogP contribution in [0.1, 0.15) is 111 Å². The minimum absolute atomic E-state index is 0.179. The Morgan fingerprint density at radius 1 is 0.889 bits per heavy atom. The number of carbonyl (C=O) groups excluding carboxylic acids is 1. The Balaban J connectivity index is 3.33. The number of allylic oxidation sites excluding steroid dienone is 2. The molecule has 0 aliphatic heterocycles. The smallest absolute Gasteiger partial charge is 0.218 e. The van der Waals surface area contributed by atoms with Crippen molar-refractivity contribution >= 4 is 5.91 Å². The molecule has 0 aliphatic carbocycles. The average Bonchev–Trinajstić information content (AvgIpc) is 2.62. The first-order valence-electron chi connectivity index (χ1n) is 11.3. The van der Waals surface area contributed by atoms with Gasteiger partial charge < -0.3 is 15.2 Å². The van der Waals surface area contributed by atoms with Crippen LogP contribution in [-0.2, 0) is 9.53 Å². The number of carbonyl (C=O) groups is 1. The summed E-state index contributed by atoms with van der Waals surface area (Å²) >= 11 is 0. The number of aliphatic hydroxyl groups is 1. The van der Waals surface area contributed by atoms with Crippen molar-refractivity contribution in [3.05, 3.63) is 12.2 Å². The molecule has 0 aromatic rings. The first-order chi connectivity index (χ1) is 13.1. The third-order valence-electron chi connectivity index (χ3n) is 4.74. The van der Waals surface area contributed by atoms with Crippen molar-refractivity contribution in [2.45, 2.75) is 123 Å². The van der Waals surface area contributed by atoms with Gasteiger partial charge in [-0.15, -0.1) is 0 Å². The van der Waals surface area contributed by atoms with Gasteiger partial charge in [0.25, 0.3) is 0 Å². The van der Waals surface area contributed by atoms with E-state index in [2.05, 4.69) is 24.4 Å². The van der Waals surface area contributed by atoms with Gasteiger partial charge in [-0.2, -0.15) is 0 Å². The van der Waals surface area contributed by atoms with Gasteiger partial charge >= 0.3 is 0 Å². The largest absolute Gasteiger partial charge is 0.389 e. The van der Waals surface area contributed by atoms with Gasteiger partial charge in [0.05, 0.1) is 6.10 Å². The number of ether oxygens (including phenoxy) is 1. The van der Waals surface area contributed by atoms with Crippen molar-refractivity contribution in [2.24, 2.45) is 0 Å². The van der Waals surface area contributed by atoms with Gasteiger partial charge in [0, 0.05) is 13.5 Å². The summed E-state index contributed by atoms with van der Waals surface area (Å²) in [4.78, 5) is 11.0. The summed E-state index contributed by atoms with van der Waals surface area (Å²) in [6.07, 6.45) is 21.4. The standard InChI is InChI=1S/C23H45NO3/c1-4-5-6-7-8-9-10-11-12-13-14-15-16-17-18-19-20-27-23(21(2)25)24-22(3)26/h11-12,21,23,25H,4-10,13-20H2,1-3H3,(H,24,26)/b12-11-. The summed E-state index contributed by atoms with van der Waals surface area (Å²) in [5, 5.41) is 12.2. The summed E-state index contributed by atoms with van der Waals surface area (Å²) in [7, 11) is 0. The maximum absolute atomic E-state index is 11.0. The van der Waals surface area contributed by atoms with Crippen molar-refractivity contribution in [3.8, 4) is 0 Å². The number of aliphatic hydroxyl groups excluding tert-OH is 1. The topological polar surface area (TPSA) is 58.6 Å². The van der Waals surface area contributed by atoms with E-state index in [0.29, 0.717) is 6.61 Å². The molecule has 0 heterocycles. The molecular formula is C23H45NO3. The number of unbranched alkanes of at least 4 members (excludes halogenated alkanes) is 12. The van der Waals surface area contributed by atoms with Crippen LogP contribution in [0.2, 0.25) is 0 Å². The van der Waals surface area contributed by atoms with Gasteiger partial charge in [0.15, 0.2) is 6.23 Å². The minimum Gasteiger partial charge on any atom is -0.389 e. The molecule has 0 fully saturated rings. The first-order valence-corrected chi connectivity index (χ1v) is 11.3. The molecule has 4 nitrogen and oxygen atoms in total. The number of hydrogen-bond acceptors (Lipinski definition) is 3. The van der Waals surface area contributed by atoms with Gasteiger partial charge in [-0.25, -0.2) is 0 Å². The predicted octanol–water partition coefficient (Wildman–Crippen LogP) is 5.88. The van der Waals surface area contributed by atoms with Gasteiger partial charge in [-0.1, -0.05) is 76.9 Å². The highest BCUT2D eigenvalue weighted by Crippen LogP contribution is 2.10. The fourth-order valence-corrected chi connectivity index (χ4v) is 3.06. The van der Waals surface area contributed by atoms with E-state index < -0.39 is 12.3 Å². The molecule has 2 N–H and O–H groups in total. The zero-order valence-corrected chi connectivity index (χ0v) is 18.2. The Hall–Kier alpha value is -0.870. The predicted molar refractivity (Wildman–Crippen MR) is 115 cm³/mol. The van der Waals surface area contributed by atoms with Crippen LogP contribution in [0.15, 0.2) is 12.2 Å². The van der Waals surface area contributed by atoms with Crippen LogP contribution in [0.25, 0.3) is 0 Å². The van der Waals surface area contributed by atoms with E-state index in [1.807, 2.05) is 0 Å². The van der Waals surface area contributed by atoms with E-state index in [4.69, 9.17) is 4.74 Å². The maximum Gasteiger partial charge on any atom is 0.218 e. The second-order valence-corrected chi connectivity index (χ2v) is 7.67. The van der Waals surface area contributed by atoms with E-state index in [9.17, 15) is 9.90 Å². The third kappa shape index (κ3) is 19.7. The van der Waals surface area contributed by atoms with Crippen LogP contribution >= 0.6 is 0 Å². The minimum atomic E-state index is -0.692. The summed E-state index contributed by atoms with van der Waals surface area (Å²) in [6, 6.07) is 0. The van der Waals surface area contributed by atoms with Gasteiger partial charge in [-0.3, -0.25) is 4.79 Å². The second kappa shape index (κ2) is 19.9. The molecule has 1 amide bonds. The highest BCUT2D eigenvalue weighted by atomic mass is 16.5. The molecule has 27 heavy (non-hydrogen) atoms. The molecule has 0 aromatic heterocycles. The van der Waals surface area contributed by atoms with Crippen LogP contribution in [0.5, 0.6) is 0 Å². The van der Waals surface area contributed by atoms with Crippen molar-refractivity contribution in [1.82, 2.24) is 5.32 Å². The molecule has 2 atom stereocenters. The highest BCUT2D eigenvalue weighted by molar-refractivity contribution is 5.73. The molecular weight excluding hydrogens is 338 g/mol. The molecule has 0 spiro atoms. The Morgan fingerprint density at radius 3 is 1.85 bits per heavy atom. The van der Waals surface area contributed by atoms with E-state index in [0.717, 1.165) is 12.8 Å².